The highest BCUT2D eigenvalue weighted by Gasteiger charge is 2.37. The molecule has 1 aliphatic carbocycles. The molecular formula is C32H34ClF4N3O4S. The van der Waals surface area contributed by atoms with E-state index in [1.54, 1.807) is 13.8 Å². The Balaban J connectivity index is 1.78. The number of carbonyl (C=O) groups is 2. The number of nitrogens with one attached hydrogen (secondary N) is 1. The van der Waals surface area contributed by atoms with E-state index >= 15 is 0 Å². The number of halogens is 5. The molecule has 1 N–H and O–H groups in total. The minimum atomic E-state index is -4.91. The molecule has 0 spiro atoms. The van der Waals surface area contributed by atoms with Gasteiger partial charge in [-0.2, -0.15) is 13.2 Å². The van der Waals surface area contributed by atoms with Crippen molar-refractivity contribution in [1.82, 2.24) is 10.2 Å². The quantitative estimate of drug-likeness (QED) is 0.226. The average Bonchev–Trinajstić information content (AvgIpc) is 3.49. The van der Waals surface area contributed by atoms with E-state index in [0.717, 1.165) is 43.4 Å². The first-order valence-electron chi connectivity index (χ1n) is 14.5. The summed E-state index contributed by atoms with van der Waals surface area (Å²) in [5, 5.41) is 2.33. The second kappa shape index (κ2) is 14.2. The molecule has 0 bridgehead atoms. The molecule has 1 saturated carbocycles. The first-order valence-corrected chi connectivity index (χ1v) is 16.3. The number of hydrogen-bond acceptors (Lipinski definition) is 4. The molecule has 1 atom stereocenters. The van der Waals surface area contributed by atoms with Gasteiger partial charge in [-0.25, -0.2) is 12.8 Å². The average molecular weight is 668 g/mol. The largest absolute Gasteiger partial charge is 0.417 e. The van der Waals surface area contributed by atoms with Crippen molar-refractivity contribution >= 4 is 39.1 Å². The lowest BCUT2D eigenvalue weighted by atomic mass is 10.1. The molecule has 2 amide bonds. The van der Waals surface area contributed by atoms with Crippen LogP contribution in [0, 0.1) is 12.7 Å². The lowest BCUT2D eigenvalue weighted by molar-refractivity contribution is -0.140. The van der Waals surface area contributed by atoms with Gasteiger partial charge < -0.3 is 10.2 Å². The summed E-state index contributed by atoms with van der Waals surface area (Å²) < 4.78 is 83.7. The number of anilines is 1. The second-order valence-corrected chi connectivity index (χ2v) is 13.3. The molecule has 1 fully saturated rings. The summed E-state index contributed by atoms with van der Waals surface area (Å²) in [6.07, 6.45) is -1.27. The van der Waals surface area contributed by atoms with Gasteiger partial charge in [0.05, 0.1) is 21.2 Å². The van der Waals surface area contributed by atoms with Gasteiger partial charge in [0.1, 0.15) is 18.4 Å². The van der Waals surface area contributed by atoms with Crippen molar-refractivity contribution in [2.75, 3.05) is 10.8 Å². The van der Waals surface area contributed by atoms with Crippen LogP contribution >= 0.6 is 11.6 Å². The number of hydrogen-bond donors (Lipinski definition) is 1. The van der Waals surface area contributed by atoms with Crippen LogP contribution in [-0.2, 0) is 32.3 Å². The summed E-state index contributed by atoms with van der Waals surface area (Å²) in [5.41, 5.74) is -0.503. The van der Waals surface area contributed by atoms with Crippen molar-refractivity contribution in [2.24, 2.45) is 0 Å². The van der Waals surface area contributed by atoms with Crippen molar-refractivity contribution in [1.29, 1.82) is 0 Å². The summed E-state index contributed by atoms with van der Waals surface area (Å²) in [4.78, 5) is 28.6. The van der Waals surface area contributed by atoms with Crippen molar-refractivity contribution < 1.29 is 35.6 Å². The van der Waals surface area contributed by atoms with Crippen LogP contribution < -0.4 is 9.62 Å². The molecule has 0 aromatic heterocycles. The van der Waals surface area contributed by atoms with E-state index in [9.17, 15) is 35.6 Å². The molecule has 0 aliphatic heterocycles. The maximum atomic E-state index is 14.1. The highest BCUT2D eigenvalue weighted by Crippen LogP contribution is 2.38. The third-order valence-corrected chi connectivity index (χ3v) is 9.90. The molecule has 0 radical (unpaired) electrons. The van der Waals surface area contributed by atoms with Gasteiger partial charge in [0.25, 0.3) is 10.0 Å². The molecule has 7 nitrogen and oxygen atoms in total. The van der Waals surface area contributed by atoms with E-state index in [4.69, 9.17) is 11.6 Å². The molecule has 3 aromatic rings. The summed E-state index contributed by atoms with van der Waals surface area (Å²) >= 11 is 5.82. The van der Waals surface area contributed by atoms with Crippen LogP contribution in [0.2, 0.25) is 5.02 Å². The fourth-order valence-corrected chi connectivity index (χ4v) is 6.96. The van der Waals surface area contributed by atoms with Crippen LogP contribution in [0.15, 0.2) is 71.6 Å². The van der Waals surface area contributed by atoms with Crippen molar-refractivity contribution in [3.63, 3.8) is 0 Å². The Bertz CT molecular complexity index is 1610. The number of carbonyl (C=O) groups excluding carboxylic acids is 2. The molecule has 1 aliphatic rings. The summed E-state index contributed by atoms with van der Waals surface area (Å²) in [5.74, 6) is -1.79. The van der Waals surface area contributed by atoms with E-state index in [0.29, 0.717) is 15.9 Å². The molecule has 242 valence electrons. The zero-order chi connectivity index (χ0) is 32.9. The highest BCUT2D eigenvalue weighted by atomic mass is 35.5. The van der Waals surface area contributed by atoms with Crippen LogP contribution in [0.1, 0.15) is 55.7 Å². The van der Waals surface area contributed by atoms with Gasteiger partial charge in [0, 0.05) is 12.6 Å². The summed E-state index contributed by atoms with van der Waals surface area (Å²) in [7, 11) is -4.60. The van der Waals surface area contributed by atoms with Crippen LogP contribution in [0.5, 0.6) is 0 Å². The number of nitrogens with zero attached hydrogens (tertiary/aromatic N) is 2. The van der Waals surface area contributed by atoms with Crippen molar-refractivity contribution in [2.45, 2.75) is 75.7 Å². The monoisotopic (exact) mass is 667 g/mol. The Morgan fingerprint density at radius 3 is 2.20 bits per heavy atom. The van der Waals surface area contributed by atoms with Gasteiger partial charge in [-0.1, -0.05) is 61.2 Å². The maximum absolute atomic E-state index is 14.1. The predicted molar refractivity (Wildman–Crippen MR) is 164 cm³/mol. The molecule has 0 saturated heterocycles. The number of amides is 2. The van der Waals surface area contributed by atoms with Gasteiger partial charge in [0.2, 0.25) is 11.8 Å². The van der Waals surface area contributed by atoms with Crippen molar-refractivity contribution in [3.05, 3.63) is 94.3 Å². The first-order chi connectivity index (χ1) is 21.2. The summed E-state index contributed by atoms with van der Waals surface area (Å²) in [6, 6.07) is 12.4. The number of rotatable bonds is 11. The topological polar surface area (TPSA) is 86.8 Å². The van der Waals surface area contributed by atoms with Crippen LogP contribution in [0.4, 0.5) is 23.2 Å². The van der Waals surface area contributed by atoms with Gasteiger partial charge in [-0.05, 0) is 74.2 Å². The lowest BCUT2D eigenvalue weighted by Crippen LogP contribution is -2.53. The minimum absolute atomic E-state index is 0.0670. The van der Waals surface area contributed by atoms with E-state index in [2.05, 4.69) is 5.32 Å². The standard InChI is InChI=1S/C32H34ClF4N3O4S/c1-3-29(31(42)38-24-6-4-5-7-24)39(19-22-10-12-23(34)13-11-22)30(41)20-40(45(43,44)26-15-8-21(2)9-16-26)25-14-17-28(33)27(18-25)32(35,36)37/h8-18,24,29H,3-7,19-20H2,1-2H3,(H,38,42)/t29-/m1/s1. The second-order valence-electron chi connectivity index (χ2n) is 11.0. The minimum Gasteiger partial charge on any atom is -0.352 e. The van der Waals surface area contributed by atoms with Gasteiger partial charge in [0.15, 0.2) is 0 Å². The van der Waals surface area contributed by atoms with E-state index in [1.165, 1.54) is 53.4 Å². The zero-order valence-corrected chi connectivity index (χ0v) is 26.4. The SMILES string of the molecule is CC[C@H](C(=O)NC1CCCC1)N(Cc1ccc(F)cc1)C(=O)CN(c1ccc(Cl)c(C(F)(F)F)c1)S(=O)(=O)c1ccc(C)cc1. The van der Waals surface area contributed by atoms with E-state index in [-0.39, 0.29) is 23.9 Å². The highest BCUT2D eigenvalue weighted by molar-refractivity contribution is 7.92. The lowest BCUT2D eigenvalue weighted by Gasteiger charge is -2.34. The molecule has 3 aromatic carbocycles. The predicted octanol–water partition coefficient (Wildman–Crippen LogP) is 6.87. The maximum Gasteiger partial charge on any atom is 0.417 e. The number of benzene rings is 3. The fourth-order valence-electron chi connectivity index (χ4n) is 5.33. The summed E-state index contributed by atoms with van der Waals surface area (Å²) in [6.45, 7) is 2.33. The number of alkyl halides is 3. The Hall–Kier alpha value is -3.64. The third-order valence-electron chi connectivity index (χ3n) is 7.78. The van der Waals surface area contributed by atoms with Crippen molar-refractivity contribution in [3.8, 4) is 0 Å². The van der Waals surface area contributed by atoms with Gasteiger partial charge >= 0.3 is 6.18 Å². The van der Waals surface area contributed by atoms with Gasteiger partial charge in [-0.15, -0.1) is 0 Å². The molecule has 13 heteroatoms. The number of sulfonamides is 1. The third kappa shape index (κ3) is 8.35. The number of aryl methyl sites for hydroxylation is 1. The smallest absolute Gasteiger partial charge is 0.352 e. The van der Waals surface area contributed by atoms with Gasteiger partial charge in [-0.3, -0.25) is 13.9 Å². The van der Waals surface area contributed by atoms with E-state index < -0.39 is 62.7 Å². The van der Waals surface area contributed by atoms with Crippen LogP contribution in [-0.4, -0.2) is 43.8 Å². The normalized spacial score (nSPS) is 14.6. The van der Waals surface area contributed by atoms with E-state index in [1.807, 2.05) is 0 Å². The Morgan fingerprint density at radius 2 is 1.62 bits per heavy atom. The zero-order valence-electron chi connectivity index (χ0n) is 24.8. The van der Waals surface area contributed by atoms with Crippen LogP contribution in [0.25, 0.3) is 0 Å². The molecule has 4 rings (SSSR count). The Kier molecular flexibility index (Phi) is 10.8. The first kappa shape index (κ1) is 34.2. The molecule has 0 unspecified atom stereocenters. The Labute approximate surface area is 265 Å². The molecule has 45 heavy (non-hydrogen) atoms. The molecule has 0 heterocycles. The Morgan fingerprint density at radius 1 is 1.00 bits per heavy atom. The van der Waals surface area contributed by atoms with Crippen LogP contribution in [0.3, 0.4) is 0 Å². The fraction of sp³-hybridized carbons (Fsp3) is 0.375. The molecular weight excluding hydrogens is 634 g/mol.